The van der Waals surface area contributed by atoms with Crippen LogP contribution in [0.5, 0.6) is 0 Å². The molecule has 5 heteroatoms. The smallest absolute Gasteiger partial charge is 0.236 e. The second kappa shape index (κ2) is 3.36. The Bertz CT molecular complexity index is 518. The second-order valence-electron chi connectivity index (χ2n) is 2.80. The molecule has 2 rings (SSSR count). The molecule has 1 unspecified atom stereocenters. The van der Waals surface area contributed by atoms with Crippen molar-refractivity contribution in [2.75, 3.05) is 0 Å². The molecule has 0 aliphatic carbocycles. The standard InChI is InChI=1S/C9H7NO3S/c11-9(14(12)13)7-1-2-8-6(5-7)3-4-10-8/h1-5,10H,(H,12,13)/p-1. The largest absolute Gasteiger partial charge is 0.766 e. The molecule has 0 amide bonds. The van der Waals surface area contributed by atoms with E-state index in [1.807, 2.05) is 0 Å². The third-order valence-electron chi connectivity index (χ3n) is 1.94. The van der Waals surface area contributed by atoms with Crippen LogP contribution in [0.2, 0.25) is 0 Å². The molecule has 1 N–H and O–H groups in total. The van der Waals surface area contributed by atoms with Crippen LogP contribution in [0.25, 0.3) is 10.9 Å². The van der Waals surface area contributed by atoms with Crippen LogP contribution >= 0.6 is 0 Å². The Kier molecular flexibility index (Phi) is 2.18. The highest BCUT2D eigenvalue weighted by Gasteiger charge is 2.06. The zero-order valence-electron chi connectivity index (χ0n) is 7.02. The lowest BCUT2D eigenvalue weighted by Crippen LogP contribution is -2.05. The van der Waals surface area contributed by atoms with E-state index < -0.39 is 16.2 Å². The molecule has 0 saturated heterocycles. The number of nitrogens with one attached hydrogen (secondary N) is 1. The van der Waals surface area contributed by atoms with Crippen LogP contribution in [0.1, 0.15) is 10.4 Å². The molecule has 1 heterocycles. The van der Waals surface area contributed by atoms with Gasteiger partial charge in [-0.15, -0.1) is 0 Å². The fraction of sp³-hybridized carbons (Fsp3) is 0. The lowest BCUT2D eigenvalue weighted by molar-refractivity contribution is 0.107. The zero-order valence-corrected chi connectivity index (χ0v) is 7.84. The molecule has 0 aliphatic heterocycles. The normalized spacial score (nSPS) is 12.9. The van der Waals surface area contributed by atoms with Crippen molar-refractivity contribution in [3.8, 4) is 0 Å². The van der Waals surface area contributed by atoms with Crippen molar-refractivity contribution in [3.05, 3.63) is 36.0 Å². The summed E-state index contributed by atoms with van der Waals surface area (Å²) in [5.74, 6) is 0. The Morgan fingerprint density at radius 2 is 2.14 bits per heavy atom. The van der Waals surface area contributed by atoms with E-state index in [9.17, 15) is 13.6 Å². The third kappa shape index (κ3) is 1.47. The molecule has 0 fully saturated rings. The molecule has 14 heavy (non-hydrogen) atoms. The number of hydrogen-bond donors (Lipinski definition) is 1. The van der Waals surface area contributed by atoms with Crippen LogP contribution < -0.4 is 0 Å². The van der Waals surface area contributed by atoms with Gasteiger partial charge in [0.2, 0.25) is 5.12 Å². The highest BCUT2D eigenvalue weighted by Crippen LogP contribution is 2.15. The number of hydrogen-bond acceptors (Lipinski definition) is 3. The summed E-state index contributed by atoms with van der Waals surface area (Å²) in [4.78, 5) is 14.0. The molecule has 72 valence electrons. The number of carbonyl (C=O) groups excluding carboxylic acids is 1. The summed E-state index contributed by atoms with van der Waals surface area (Å²) in [5.41, 5.74) is 1.06. The van der Waals surface area contributed by atoms with Crippen molar-refractivity contribution in [3.63, 3.8) is 0 Å². The topological polar surface area (TPSA) is 73.0 Å². The van der Waals surface area contributed by atoms with E-state index >= 15 is 0 Å². The minimum atomic E-state index is -2.69. The van der Waals surface area contributed by atoms with Crippen LogP contribution in [0.3, 0.4) is 0 Å². The maximum atomic E-state index is 11.1. The maximum Gasteiger partial charge on any atom is 0.236 e. The van der Waals surface area contributed by atoms with Gasteiger partial charge in [-0.3, -0.25) is 9.00 Å². The molecule has 0 aliphatic rings. The van der Waals surface area contributed by atoms with E-state index in [0.717, 1.165) is 10.9 Å². The maximum absolute atomic E-state index is 11.1. The molecule has 0 bridgehead atoms. The van der Waals surface area contributed by atoms with Gasteiger partial charge in [0.05, 0.1) is 0 Å². The van der Waals surface area contributed by atoms with Crippen LogP contribution in [-0.4, -0.2) is 18.9 Å². The van der Waals surface area contributed by atoms with Gasteiger partial charge >= 0.3 is 0 Å². The molecular weight excluding hydrogens is 202 g/mol. The molecule has 2 aromatic rings. The second-order valence-corrected chi connectivity index (χ2v) is 3.64. The van der Waals surface area contributed by atoms with Crippen LogP contribution in [0, 0.1) is 0 Å². The predicted octanol–water partition coefficient (Wildman–Crippen LogP) is 1.19. The number of rotatable bonds is 1. The number of benzene rings is 1. The quantitative estimate of drug-likeness (QED) is 0.715. The Balaban J connectivity index is 2.54. The number of fused-ring (bicyclic) bond motifs is 1. The molecule has 1 aromatic carbocycles. The lowest BCUT2D eigenvalue weighted by atomic mass is 10.2. The summed E-state index contributed by atoms with van der Waals surface area (Å²) < 4.78 is 20.8. The fourth-order valence-corrected chi connectivity index (χ4v) is 1.60. The van der Waals surface area contributed by atoms with E-state index in [2.05, 4.69) is 4.98 Å². The average molecular weight is 208 g/mol. The molecule has 1 atom stereocenters. The van der Waals surface area contributed by atoms with Gasteiger partial charge in [-0.1, -0.05) is 0 Å². The Morgan fingerprint density at radius 1 is 1.36 bits per heavy atom. The van der Waals surface area contributed by atoms with Crippen LogP contribution in [0.4, 0.5) is 0 Å². The minimum Gasteiger partial charge on any atom is -0.766 e. The number of carbonyl (C=O) groups is 1. The number of aromatic nitrogens is 1. The van der Waals surface area contributed by atoms with Gasteiger partial charge in [-0.05, 0) is 24.3 Å². The van der Waals surface area contributed by atoms with Crippen molar-refractivity contribution in [1.29, 1.82) is 0 Å². The molecule has 0 spiro atoms. The molecule has 4 nitrogen and oxygen atoms in total. The Hall–Kier alpha value is -1.46. The van der Waals surface area contributed by atoms with E-state index in [0.29, 0.717) is 0 Å². The van der Waals surface area contributed by atoms with Gasteiger partial charge in [0.25, 0.3) is 0 Å². The van der Waals surface area contributed by atoms with Gasteiger partial charge in [-0.25, -0.2) is 0 Å². The van der Waals surface area contributed by atoms with Crippen molar-refractivity contribution < 1.29 is 13.6 Å². The monoisotopic (exact) mass is 208 g/mol. The van der Waals surface area contributed by atoms with Gasteiger partial charge in [-0.2, -0.15) is 0 Å². The van der Waals surface area contributed by atoms with Crippen molar-refractivity contribution in [2.45, 2.75) is 0 Å². The first-order valence-electron chi connectivity index (χ1n) is 3.89. The van der Waals surface area contributed by atoms with Crippen LogP contribution in [-0.2, 0) is 11.1 Å². The lowest BCUT2D eigenvalue weighted by Gasteiger charge is -2.03. The molecular formula is C9H6NO3S-. The van der Waals surface area contributed by atoms with Crippen molar-refractivity contribution >= 4 is 27.1 Å². The van der Waals surface area contributed by atoms with Crippen molar-refractivity contribution in [2.24, 2.45) is 0 Å². The van der Waals surface area contributed by atoms with Crippen LogP contribution in [0.15, 0.2) is 30.5 Å². The van der Waals surface area contributed by atoms with E-state index in [1.165, 1.54) is 6.07 Å². The minimum absolute atomic E-state index is 0.186. The first-order chi connectivity index (χ1) is 6.68. The third-order valence-corrected chi connectivity index (χ3v) is 2.48. The van der Waals surface area contributed by atoms with Gasteiger partial charge in [0, 0.05) is 33.7 Å². The summed E-state index contributed by atoms with van der Waals surface area (Å²) >= 11 is -2.69. The van der Waals surface area contributed by atoms with Gasteiger partial charge < -0.3 is 9.54 Å². The predicted molar refractivity (Wildman–Crippen MR) is 51.5 cm³/mol. The Morgan fingerprint density at radius 3 is 2.86 bits per heavy atom. The molecule has 0 saturated carbocycles. The first-order valence-corrected chi connectivity index (χ1v) is 4.97. The number of aromatic amines is 1. The molecule has 1 aromatic heterocycles. The SMILES string of the molecule is O=C(c1ccc2[nH]ccc2c1)S(=O)[O-]. The van der Waals surface area contributed by atoms with Crippen molar-refractivity contribution in [1.82, 2.24) is 4.98 Å². The zero-order chi connectivity index (χ0) is 10.1. The van der Waals surface area contributed by atoms with E-state index in [-0.39, 0.29) is 5.56 Å². The summed E-state index contributed by atoms with van der Waals surface area (Å²) in [6, 6.07) is 6.48. The molecule has 0 radical (unpaired) electrons. The highest BCUT2D eigenvalue weighted by atomic mass is 32.2. The summed E-state index contributed by atoms with van der Waals surface area (Å²) in [5, 5.41) is -0.0607. The summed E-state index contributed by atoms with van der Waals surface area (Å²) in [7, 11) is 0. The fourth-order valence-electron chi connectivity index (χ4n) is 1.28. The van der Waals surface area contributed by atoms with E-state index in [1.54, 1.807) is 24.4 Å². The Labute approximate surface area is 82.2 Å². The summed E-state index contributed by atoms with van der Waals surface area (Å²) in [6.07, 6.45) is 1.73. The average Bonchev–Trinajstić information content (AvgIpc) is 2.62. The van der Waals surface area contributed by atoms with Gasteiger partial charge in [0.15, 0.2) is 0 Å². The van der Waals surface area contributed by atoms with E-state index in [4.69, 9.17) is 0 Å². The number of H-pyrrole nitrogens is 1. The van der Waals surface area contributed by atoms with Gasteiger partial charge in [0.1, 0.15) is 0 Å². The highest BCUT2D eigenvalue weighted by molar-refractivity contribution is 7.95. The first kappa shape index (κ1) is 9.11. The summed E-state index contributed by atoms with van der Waals surface area (Å²) in [6.45, 7) is 0.